The van der Waals surface area contributed by atoms with Crippen LogP contribution in [0.3, 0.4) is 0 Å². The number of hydrogen-bond acceptors (Lipinski definition) is 3. The lowest BCUT2D eigenvalue weighted by molar-refractivity contribution is 0.287. The molecule has 0 radical (unpaired) electrons. The number of halogens is 2. The highest BCUT2D eigenvalue weighted by Gasteiger charge is 2.31. The molecule has 1 heterocycles. The van der Waals surface area contributed by atoms with Crippen LogP contribution in [0.5, 0.6) is 0 Å². The quantitative estimate of drug-likeness (QED) is 0.906. The summed E-state index contributed by atoms with van der Waals surface area (Å²) in [4.78, 5) is 0. The van der Waals surface area contributed by atoms with Crippen LogP contribution in [-0.2, 0) is 16.8 Å². The monoisotopic (exact) mass is 335 g/mol. The SMILES string of the molecule is CC1CN(S(=O)(=O)N(C)Cc2c(F)cccc2Cl)CCN1. The van der Waals surface area contributed by atoms with Crippen LogP contribution in [0.2, 0.25) is 5.02 Å². The molecule has 1 aromatic carbocycles. The van der Waals surface area contributed by atoms with Gasteiger partial charge in [-0.25, -0.2) is 4.39 Å². The normalized spacial score (nSPS) is 20.9. The van der Waals surface area contributed by atoms with E-state index in [0.717, 1.165) is 4.31 Å². The van der Waals surface area contributed by atoms with Crippen molar-refractivity contribution in [1.82, 2.24) is 13.9 Å². The fourth-order valence-electron chi connectivity index (χ4n) is 2.29. The van der Waals surface area contributed by atoms with E-state index in [0.29, 0.717) is 19.6 Å². The summed E-state index contributed by atoms with van der Waals surface area (Å²) in [5.74, 6) is -0.502. The van der Waals surface area contributed by atoms with Gasteiger partial charge in [0.15, 0.2) is 0 Å². The van der Waals surface area contributed by atoms with Crippen LogP contribution in [0.4, 0.5) is 4.39 Å². The second kappa shape index (κ2) is 6.58. The zero-order valence-electron chi connectivity index (χ0n) is 12.0. The van der Waals surface area contributed by atoms with Crippen molar-refractivity contribution >= 4 is 21.8 Å². The molecular formula is C13H19ClFN3O2S. The minimum atomic E-state index is -3.63. The summed E-state index contributed by atoms with van der Waals surface area (Å²) < 4.78 is 41.3. The van der Waals surface area contributed by atoms with Gasteiger partial charge in [-0.3, -0.25) is 0 Å². The molecule has 21 heavy (non-hydrogen) atoms. The average Bonchev–Trinajstić information content (AvgIpc) is 2.42. The molecule has 0 amide bonds. The van der Waals surface area contributed by atoms with Crippen LogP contribution in [0.15, 0.2) is 18.2 Å². The van der Waals surface area contributed by atoms with Crippen molar-refractivity contribution in [1.29, 1.82) is 0 Å². The lowest BCUT2D eigenvalue weighted by Crippen LogP contribution is -2.54. The summed E-state index contributed by atoms with van der Waals surface area (Å²) in [6.45, 7) is 3.25. The second-order valence-electron chi connectivity index (χ2n) is 5.18. The van der Waals surface area contributed by atoms with Crippen LogP contribution in [0, 0.1) is 5.82 Å². The maximum atomic E-state index is 13.8. The van der Waals surface area contributed by atoms with Crippen LogP contribution >= 0.6 is 11.6 Å². The van der Waals surface area contributed by atoms with Crippen LogP contribution in [0.1, 0.15) is 12.5 Å². The summed E-state index contributed by atoms with van der Waals surface area (Å²) >= 11 is 5.95. The largest absolute Gasteiger partial charge is 0.312 e. The van der Waals surface area contributed by atoms with E-state index >= 15 is 0 Å². The van der Waals surface area contributed by atoms with Gasteiger partial charge in [-0.05, 0) is 19.1 Å². The minimum absolute atomic E-state index is 0.0911. The van der Waals surface area contributed by atoms with Crippen LogP contribution in [0.25, 0.3) is 0 Å². The van der Waals surface area contributed by atoms with Crippen molar-refractivity contribution in [3.8, 4) is 0 Å². The van der Waals surface area contributed by atoms with Crippen molar-refractivity contribution in [2.45, 2.75) is 19.5 Å². The molecule has 1 aliphatic rings. The molecule has 8 heteroatoms. The molecule has 1 aromatic rings. The van der Waals surface area contributed by atoms with E-state index in [1.807, 2.05) is 6.92 Å². The van der Waals surface area contributed by atoms with E-state index in [1.54, 1.807) is 6.07 Å². The molecule has 1 saturated heterocycles. The Morgan fingerprint density at radius 1 is 1.52 bits per heavy atom. The number of rotatable bonds is 4. The predicted octanol–water partition coefficient (Wildman–Crippen LogP) is 1.45. The highest BCUT2D eigenvalue weighted by Crippen LogP contribution is 2.22. The molecule has 0 spiro atoms. The molecule has 118 valence electrons. The van der Waals surface area contributed by atoms with Crippen molar-refractivity contribution in [2.24, 2.45) is 0 Å². The maximum absolute atomic E-state index is 13.8. The fourth-order valence-corrected chi connectivity index (χ4v) is 3.93. The standard InChI is InChI=1S/C13H19ClFN3O2S/c1-10-8-18(7-6-16-10)21(19,20)17(2)9-11-12(14)4-3-5-13(11)15/h3-5,10,16H,6-9H2,1-2H3. The Hall–Kier alpha value is -0.730. The number of nitrogens with one attached hydrogen (secondary N) is 1. The maximum Gasteiger partial charge on any atom is 0.282 e. The Kier molecular flexibility index (Phi) is 5.21. The van der Waals surface area contributed by atoms with E-state index < -0.39 is 16.0 Å². The molecule has 0 aliphatic carbocycles. The second-order valence-corrected chi connectivity index (χ2v) is 7.62. The third-order valence-corrected chi connectivity index (χ3v) is 5.75. The zero-order valence-corrected chi connectivity index (χ0v) is 13.6. The molecule has 0 aromatic heterocycles. The first-order chi connectivity index (χ1) is 9.82. The first-order valence-corrected chi connectivity index (χ1v) is 8.47. The fraction of sp³-hybridized carbons (Fsp3) is 0.538. The first kappa shape index (κ1) is 16.6. The summed E-state index contributed by atoms with van der Waals surface area (Å²) in [5, 5.41) is 3.41. The Balaban J connectivity index is 2.17. The van der Waals surface area contributed by atoms with Gasteiger partial charge in [0, 0.05) is 49.9 Å². The van der Waals surface area contributed by atoms with Gasteiger partial charge >= 0.3 is 0 Å². The number of piperazine rings is 1. The molecule has 0 saturated carbocycles. The molecule has 0 bridgehead atoms. The molecule has 1 N–H and O–H groups in total. The Morgan fingerprint density at radius 3 is 2.86 bits per heavy atom. The topological polar surface area (TPSA) is 52.7 Å². The van der Waals surface area contributed by atoms with Gasteiger partial charge < -0.3 is 5.32 Å². The van der Waals surface area contributed by atoms with Crippen molar-refractivity contribution < 1.29 is 12.8 Å². The summed E-state index contributed by atoms with van der Waals surface area (Å²) in [6, 6.07) is 4.41. The van der Waals surface area contributed by atoms with E-state index in [9.17, 15) is 12.8 Å². The lowest BCUT2D eigenvalue weighted by atomic mass is 10.2. The molecule has 1 aliphatic heterocycles. The number of nitrogens with zero attached hydrogens (tertiary/aromatic N) is 2. The zero-order chi connectivity index (χ0) is 15.6. The van der Waals surface area contributed by atoms with Crippen LogP contribution < -0.4 is 5.32 Å². The van der Waals surface area contributed by atoms with E-state index in [1.165, 1.54) is 23.5 Å². The highest BCUT2D eigenvalue weighted by molar-refractivity contribution is 7.86. The van der Waals surface area contributed by atoms with E-state index in [-0.39, 0.29) is 23.2 Å². The van der Waals surface area contributed by atoms with Gasteiger partial charge in [-0.15, -0.1) is 0 Å². The molecule has 2 rings (SSSR count). The lowest BCUT2D eigenvalue weighted by Gasteiger charge is -2.33. The summed E-state index contributed by atoms with van der Waals surface area (Å²) in [7, 11) is -2.19. The molecular weight excluding hydrogens is 317 g/mol. The van der Waals surface area contributed by atoms with Gasteiger partial charge in [0.05, 0.1) is 0 Å². The van der Waals surface area contributed by atoms with Gasteiger partial charge in [-0.1, -0.05) is 17.7 Å². The molecule has 1 unspecified atom stereocenters. The third-order valence-electron chi connectivity index (χ3n) is 3.49. The smallest absolute Gasteiger partial charge is 0.282 e. The highest BCUT2D eigenvalue weighted by atomic mass is 35.5. The van der Waals surface area contributed by atoms with Crippen LogP contribution in [-0.4, -0.2) is 49.8 Å². The average molecular weight is 336 g/mol. The Morgan fingerprint density at radius 2 is 2.24 bits per heavy atom. The Bertz CT molecular complexity index is 591. The first-order valence-electron chi connectivity index (χ1n) is 6.70. The molecule has 1 atom stereocenters. The van der Waals surface area contributed by atoms with E-state index in [4.69, 9.17) is 11.6 Å². The molecule has 1 fully saturated rings. The summed E-state index contributed by atoms with van der Waals surface area (Å²) in [6.07, 6.45) is 0. The van der Waals surface area contributed by atoms with Crippen molar-refractivity contribution in [3.05, 3.63) is 34.6 Å². The molecule has 5 nitrogen and oxygen atoms in total. The summed E-state index contributed by atoms with van der Waals surface area (Å²) in [5.41, 5.74) is 0.188. The number of hydrogen-bond donors (Lipinski definition) is 1. The minimum Gasteiger partial charge on any atom is -0.312 e. The van der Waals surface area contributed by atoms with Crippen molar-refractivity contribution in [3.63, 3.8) is 0 Å². The van der Waals surface area contributed by atoms with Crippen molar-refractivity contribution in [2.75, 3.05) is 26.7 Å². The third kappa shape index (κ3) is 3.73. The Labute approximate surface area is 129 Å². The van der Waals surface area contributed by atoms with Gasteiger partial charge in [0.1, 0.15) is 5.82 Å². The van der Waals surface area contributed by atoms with Gasteiger partial charge in [-0.2, -0.15) is 17.0 Å². The van der Waals surface area contributed by atoms with E-state index in [2.05, 4.69) is 5.32 Å². The number of benzene rings is 1. The predicted molar refractivity (Wildman–Crippen MR) is 80.8 cm³/mol. The van der Waals surface area contributed by atoms with Gasteiger partial charge in [0.2, 0.25) is 0 Å². The van der Waals surface area contributed by atoms with Gasteiger partial charge in [0.25, 0.3) is 10.2 Å².